The fourth-order valence-electron chi connectivity index (χ4n) is 2.94. The number of nitrogens with one attached hydrogen (secondary N) is 1. The summed E-state index contributed by atoms with van der Waals surface area (Å²) >= 11 is 1.97. The topological polar surface area (TPSA) is 30.5 Å². The molecule has 0 saturated carbocycles. The summed E-state index contributed by atoms with van der Waals surface area (Å²) < 4.78 is 11.6. The number of benzene rings is 1. The first-order chi connectivity index (χ1) is 9.85. The number of ether oxygens (including phenoxy) is 2. The van der Waals surface area contributed by atoms with Crippen molar-refractivity contribution < 1.29 is 9.47 Å². The maximum Gasteiger partial charge on any atom is 0.161 e. The lowest BCUT2D eigenvalue weighted by Crippen LogP contribution is -2.23. The number of hydrogen-bond acceptors (Lipinski definition) is 4. The zero-order valence-electron chi connectivity index (χ0n) is 12.1. The molecule has 110 valence electrons. The number of thioether (sulfide) groups is 1. The Morgan fingerprint density at radius 1 is 1.30 bits per heavy atom. The largest absolute Gasteiger partial charge is 0.493 e. The molecular formula is C16H23NO2S. The van der Waals surface area contributed by atoms with Crippen molar-refractivity contribution in [3.8, 4) is 11.5 Å². The Morgan fingerprint density at radius 2 is 2.25 bits per heavy atom. The van der Waals surface area contributed by atoms with Gasteiger partial charge in [-0.05, 0) is 55.7 Å². The van der Waals surface area contributed by atoms with Crippen molar-refractivity contribution in [3.63, 3.8) is 0 Å². The van der Waals surface area contributed by atoms with E-state index < -0.39 is 0 Å². The Labute approximate surface area is 125 Å². The SMILES string of the molecule is COc1cc(CC2CCCN2)ccc1OC1CCSC1. The van der Waals surface area contributed by atoms with Crippen molar-refractivity contribution in [2.24, 2.45) is 0 Å². The minimum absolute atomic E-state index is 0.344. The molecule has 1 aromatic carbocycles. The first-order valence-electron chi connectivity index (χ1n) is 7.50. The van der Waals surface area contributed by atoms with E-state index in [1.807, 2.05) is 11.8 Å². The van der Waals surface area contributed by atoms with Crippen molar-refractivity contribution >= 4 is 11.8 Å². The van der Waals surface area contributed by atoms with Gasteiger partial charge in [0.1, 0.15) is 6.10 Å². The highest BCUT2D eigenvalue weighted by Crippen LogP contribution is 2.32. The van der Waals surface area contributed by atoms with Gasteiger partial charge in [-0.1, -0.05) is 6.07 Å². The number of rotatable bonds is 5. The van der Waals surface area contributed by atoms with Crippen LogP contribution in [0.3, 0.4) is 0 Å². The Morgan fingerprint density at radius 3 is 2.95 bits per heavy atom. The third-order valence-electron chi connectivity index (χ3n) is 4.05. The molecule has 1 aromatic rings. The van der Waals surface area contributed by atoms with Gasteiger partial charge in [0.2, 0.25) is 0 Å². The first-order valence-corrected chi connectivity index (χ1v) is 8.65. The molecule has 0 radical (unpaired) electrons. The molecule has 2 aliphatic heterocycles. The molecule has 3 nitrogen and oxygen atoms in total. The van der Waals surface area contributed by atoms with Gasteiger partial charge in [-0.15, -0.1) is 0 Å². The van der Waals surface area contributed by atoms with Gasteiger partial charge in [0.05, 0.1) is 7.11 Å². The van der Waals surface area contributed by atoms with Gasteiger partial charge >= 0.3 is 0 Å². The van der Waals surface area contributed by atoms with Crippen LogP contribution in [0.25, 0.3) is 0 Å². The molecule has 0 spiro atoms. The van der Waals surface area contributed by atoms with Gasteiger partial charge in [0, 0.05) is 11.8 Å². The molecule has 2 fully saturated rings. The molecule has 2 saturated heterocycles. The average molecular weight is 293 g/mol. The van der Waals surface area contributed by atoms with Crippen LogP contribution in [0.5, 0.6) is 11.5 Å². The van der Waals surface area contributed by atoms with E-state index >= 15 is 0 Å². The Bertz CT molecular complexity index is 440. The van der Waals surface area contributed by atoms with Crippen LogP contribution in [0.2, 0.25) is 0 Å². The molecule has 2 heterocycles. The predicted octanol–water partition coefficient (Wildman–Crippen LogP) is 2.87. The molecule has 0 bridgehead atoms. The van der Waals surface area contributed by atoms with E-state index in [0.717, 1.165) is 36.6 Å². The van der Waals surface area contributed by atoms with E-state index in [1.54, 1.807) is 7.11 Å². The molecule has 2 unspecified atom stereocenters. The minimum Gasteiger partial charge on any atom is -0.493 e. The number of methoxy groups -OCH3 is 1. The fourth-order valence-corrected chi connectivity index (χ4v) is 4.03. The smallest absolute Gasteiger partial charge is 0.161 e. The van der Waals surface area contributed by atoms with Crippen LogP contribution in [0.15, 0.2) is 18.2 Å². The minimum atomic E-state index is 0.344. The van der Waals surface area contributed by atoms with E-state index in [2.05, 4.69) is 23.5 Å². The first kappa shape index (κ1) is 14.1. The van der Waals surface area contributed by atoms with E-state index in [4.69, 9.17) is 9.47 Å². The highest BCUT2D eigenvalue weighted by Gasteiger charge is 2.20. The summed E-state index contributed by atoms with van der Waals surface area (Å²) in [6.45, 7) is 1.16. The van der Waals surface area contributed by atoms with Gasteiger partial charge in [0.15, 0.2) is 11.5 Å². The maximum atomic E-state index is 6.06. The van der Waals surface area contributed by atoms with Crippen molar-refractivity contribution in [2.75, 3.05) is 25.2 Å². The summed E-state index contributed by atoms with van der Waals surface area (Å²) in [6, 6.07) is 7.02. The third kappa shape index (κ3) is 3.41. The molecule has 0 aliphatic carbocycles. The van der Waals surface area contributed by atoms with E-state index in [1.165, 1.54) is 24.2 Å². The van der Waals surface area contributed by atoms with Gasteiger partial charge in [-0.3, -0.25) is 0 Å². The van der Waals surface area contributed by atoms with Crippen LogP contribution in [-0.4, -0.2) is 37.3 Å². The second-order valence-corrected chi connectivity index (χ2v) is 6.74. The zero-order valence-corrected chi connectivity index (χ0v) is 12.9. The van der Waals surface area contributed by atoms with Crippen molar-refractivity contribution in [1.82, 2.24) is 5.32 Å². The monoisotopic (exact) mass is 293 g/mol. The molecule has 20 heavy (non-hydrogen) atoms. The van der Waals surface area contributed by atoms with Crippen molar-refractivity contribution in [3.05, 3.63) is 23.8 Å². The molecule has 2 atom stereocenters. The fraction of sp³-hybridized carbons (Fsp3) is 0.625. The Kier molecular flexibility index (Phi) is 4.73. The van der Waals surface area contributed by atoms with Crippen LogP contribution in [0.1, 0.15) is 24.8 Å². The highest BCUT2D eigenvalue weighted by molar-refractivity contribution is 7.99. The van der Waals surface area contributed by atoms with Crippen molar-refractivity contribution in [1.29, 1.82) is 0 Å². The van der Waals surface area contributed by atoms with Crippen LogP contribution < -0.4 is 14.8 Å². The van der Waals surface area contributed by atoms with Crippen molar-refractivity contribution in [2.45, 2.75) is 37.8 Å². The molecular weight excluding hydrogens is 270 g/mol. The normalized spacial score (nSPS) is 25.9. The van der Waals surface area contributed by atoms with Gasteiger partial charge in [0.25, 0.3) is 0 Å². The molecule has 2 aliphatic rings. The van der Waals surface area contributed by atoms with E-state index in [0.29, 0.717) is 12.1 Å². The van der Waals surface area contributed by atoms with Crippen LogP contribution in [0, 0.1) is 0 Å². The summed E-state index contributed by atoms with van der Waals surface area (Å²) in [4.78, 5) is 0. The molecule has 0 amide bonds. The van der Waals surface area contributed by atoms with E-state index in [9.17, 15) is 0 Å². The summed E-state index contributed by atoms with van der Waals surface area (Å²) in [5.41, 5.74) is 1.33. The summed E-state index contributed by atoms with van der Waals surface area (Å²) in [7, 11) is 1.73. The standard InChI is InChI=1S/C16H23NO2S/c1-18-16-10-12(9-13-3-2-7-17-13)4-5-15(16)19-14-6-8-20-11-14/h4-5,10,13-14,17H,2-3,6-9,11H2,1H3. The number of hydrogen-bond donors (Lipinski definition) is 1. The molecule has 1 N–H and O–H groups in total. The lowest BCUT2D eigenvalue weighted by molar-refractivity contribution is 0.218. The van der Waals surface area contributed by atoms with Crippen LogP contribution in [0.4, 0.5) is 0 Å². The van der Waals surface area contributed by atoms with E-state index in [-0.39, 0.29) is 0 Å². The molecule has 0 aromatic heterocycles. The molecule has 4 heteroatoms. The average Bonchev–Trinajstić information content (AvgIpc) is 3.14. The Balaban J connectivity index is 1.67. The highest BCUT2D eigenvalue weighted by atomic mass is 32.2. The van der Waals surface area contributed by atoms with Crippen LogP contribution >= 0.6 is 11.8 Å². The third-order valence-corrected chi connectivity index (χ3v) is 5.19. The van der Waals surface area contributed by atoms with Gasteiger partial charge < -0.3 is 14.8 Å². The molecule has 3 rings (SSSR count). The predicted molar refractivity (Wildman–Crippen MR) is 84.1 cm³/mol. The lowest BCUT2D eigenvalue weighted by atomic mass is 10.0. The van der Waals surface area contributed by atoms with Gasteiger partial charge in [-0.25, -0.2) is 0 Å². The lowest BCUT2D eigenvalue weighted by Gasteiger charge is -2.17. The quantitative estimate of drug-likeness (QED) is 0.904. The van der Waals surface area contributed by atoms with Gasteiger partial charge in [-0.2, -0.15) is 11.8 Å². The summed E-state index contributed by atoms with van der Waals surface area (Å²) in [5, 5.41) is 3.54. The van der Waals surface area contributed by atoms with Crippen LogP contribution in [-0.2, 0) is 6.42 Å². The summed E-state index contributed by atoms with van der Waals surface area (Å²) in [5.74, 6) is 4.07. The summed E-state index contributed by atoms with van der Waals surface area (Å²) in [6.07, 6.45) is 5.14. The second kappa shape index (κ2) is 6.72. The zero-order chi connectivity index (χ0) is 13.8. The maximum absolute atomic E-state index is 6.06. The Hall–Kier alpha value is -0.870. The second-order valence-electron chi connectivity index (χ2n) is 5.59.